The third-order valence-corrected chi connectivity index (χ3v) is 5.87. The van der Waals surface area contributed by atoms with Gasteiger partial charge in [0.15, 0.2) is 0 Å². The van der Waals surface area contributed by atoms with Gasteiger partial charge in [0.25, 0.3) is 11.8 Å². The van der Waals surface area contributed by atoms with Crippen molar-refractivity contribution in [2.45, 2.75) is 12.3 Å². The van der Waals surface area contributed by atoms with Gasteiger partial charge in [-0.05, 0) is 18.6 Å². The van der Waals surface area contributed by atoms with Gasteiger partial charge in [0.2, 0.25) is 0 Å². The van der Waals surface area contributed by atoms with Gasteiger partial charge in [-0.1, -0.05) is 0 Å². The van der Waals surface area contributed by atoms with Crippen molar-refractivity contribution < 1.29 is 9.59 Å². The minimum Gasteiger partial charge on any atom is -0.344 e. The molecule has 2 amide bonds. The van der Waals surface area contributed by atoms with E-state index in [0.29, 0.717) is 23.5 Å². The second kappa shape index (κ2) is 7.03. The third-order valence-electron chi connectivity index (χ3n) is 4.77. The molecule has 138 valence electrons. The lowest BCUT2D eigenvalue weighted by Crippen LogP contribution is -2.28. The van der Waals surface area contributed by atoms with Gasteiger partial charge in [0.05, 0.1) is 4.88 Å². The first kappa shape index (κ1) is 17.5. The van der Waals surface area contributed by atoms with Crippen LogP contribution in [0.25, 0.3) is 10.3 Å². The van der Waals surface area contributed by atoms with Gasteiger partial charge in [0.1, 0.15) is 10.3 Å². The summed E-state index contributed by atoms with van der Waals surface area (Å²) in [4.78, 5) is 43.1. The van der Waals surface area contributed by atoms with Crippen LogP contribution < -0.4 is 0 Å². The van der Waals surface area contributed by atoms with Crippen molar-refractivity contribution in [1.82, 2.24) is 24.8 Å². The molecule has 1 fully saturated rings. The Balaban J connectivity index is 1.68. The number of nitrogens with zero attached hydrogens (tertiary/aromatic N) is 5. The lowest BCUT2D eigenvalue weighted by molar-refractivity contribution is 0.0790. The lowest BCUT2D eigenvalue weighted by atomic mass is 9.97. The first-order valence-electron chi connectivity index (χ1n) is 8.70. The fourth-order valence-corrected chi connectivity index (χ4v) is 4.65. The maximum Gasteiger partial charge on any atom is 0.263 e. The molecule has 7 nitrogen and oxygen atoms in total. The normalized spacial score (nSPS) is 16.7. The van der Waals surface area contributed by atoms with E-state index in [1.165, 1.54) is 11.3 Å². The molecule has 0 radical (unpaired) electrons. The molecule has 0 unspecified atom stereocenters. The summed E-state index contributed by atoms with van der Waals surface area (Å²) in [5.41, 5.74) is 2.33. The predicted octanol–water partition coefficient (Wildman–Crippen LogP) is 2.42. The average Bonchev–Trinajstić information content (AvgIpc) is 3.31. The molecule has 0 spiro atoms. The van der Waals surface area contributed by atoms with Gasteiger partial charge >= 0.3 is 0 Å². The molecular weight excluding hydrogens is 362 g/mol. The number of carbonyl (C=O) groups is 2. The number of rotatable bonds is 3. The maximum absolute atomic E-state index is 12.8. The van der Waals surface area contributed by atoms with Crippen LogP contribution in [0, 0.1) is 0 Å². The van der Waals surface area contributed by atoms with E-state index in [2.05, 4.69) is 15.0 Å². The van der Waals surface area contributed by atoms with E-state index in [4.69, 9.17) is 0 Å². The zero-order chi connectivity index (χ0) is 19.0. The largest absolute Gasteiger partial charge is 0.344 e. The Bertz CT molecular complexity index is 1000. The van der Waals surface area contributed by atoms with Gasteiger partial charge in [0, 0.05) is 69.0 Å². The van der Waals surface area contributed by atoms with Crippen LogP contribution in [0.4, 0.5) is 0 Å². The topological polar surface area (TPSA) is 79.3 Å². The predicted molar refractivity (Wildman–Crippen MR) is 103 cm³/mol. The summed E-state index contributed by atoms with van der Waals surface area (Å²) in [6, 6.07) is 3.45. The highest BCUT2D eigenvalue weighted by Gasteiger charge is 2.34. The second-order valence-corrected chi connectivity index (χ2v) is 7.73. The van der Waals surface area contributed by atoms with E-state index in [1.807, 2.05) is 4.90 Å². The first-order chi connectivity index (χ1) is 13.1. The van der Waals surface area contributed by atoms with Crippen molar-refractivity contribution in [2.75, 3.05) is 27.2 Å². The molecular formula is C19H19N5O2S. The summed E-state index contributed by atoms with van der Waals surface area (Å²) in [5.74, 6) is 0.0138. The number of aromatic nitrogens is 3. The molecule has 4 heterocycles. The molecule has 0 aliphatic carbocycles. The van der Waals surface area contributed by atoms with E-state index in [0.717, 1.165) is 22.3 Å². The van der Waals surface area contributed by atoms with Crippen molar-refractivity contribution in [3.05, 3.63) is 52.9 Å². The van der Waals surface area contributed by atoms with Crippen LogP contribution in [0.2, 0.25) is 0 Å². The summed E-state index contributed by atoms with van der Waals surface area (Å²) in [7, 11) is 3.48. The molecule has 0 aromatic carbocycles. The SMILES string of the molecule is CN(C)C(=O)c1sc2nccnc2c1[C@@H]1CCN(C(=O)c2ccncc2)C1. The molecule has 4 rings (SSSR count). The Morgan fingerprint density at radius 2 is 1.89 bits per heavy atom. The fraction of sp³-hybridized carbons (Fsp3) is 0.316. The summed E-state index contributed by atoms with van der Waals surface area (Å²) < 4.78 is 0. The summed E-state index contributed by atoms with van der Waals surface area (Å²) in [5, 5.41) is 0. The van der Waals surface area contributed by atoms with Crippen molar-refractivity contribution in [1.29, 1.82) is 0 Å². The molecule has 8 heteroatoms. The molecule has 3 aromatic heterocycles. The van der Waals surface area contributed by atoms with Crippen molar-refractivity contribution >= 4 is 33.5 Å². The van der Waals surface area contributed by atoms with Gasteiger partial charge in [-0.25, -0.2) is 4.98 Å². The number of thiophene rings is 1. The van der Waals surface area contributed by atoms with Crippen molar-refractivity contribution in [2.24, 2.45) is 0 Å². The third kappa shape index (κ3) is 3.16. The zero-order valence-electron chi connectivity index (χ0n) is 15.1. The fourth-order valence-electron chi connectivity index (χ4n) is 3.44. The van der Waals surface area contributed by atoms with Crippen LogP contribution in [0.3, 0.4) is 0 Å². The number of fused-ring (bicyclic) bond motifs is 1. The Morgan fingerprint density at radius 1 is 1.15 bits per heavy atom. The summed E-state index contributed by atoms with van der Waals surface area (Å²) in [6.07, 6.45) is 7.33. The van der Waals surface area contributed by atoms with Crippen LogP contribution in [0.5, 0.6) is 0 Å². The molecule has 3 aromatic rings. The molecule has 1 atom stereocenters. The molecule has 0 bridgehead atoms. The van der Waals surface area contributed by atoms with E-state index < -0.39 is 0 Å². The van der Waals surface area contributed by atoms with Gasteiger partial charge in [-0.15, -0.1) is 11.3 Å². The highest BCUT2D eigenvalue weighted by Crippen LogP contribution is 2.39. The monoisotopic (exact) mass is 381 g/mol. The van der Waals surface area contributed by atoms with E-state index in [9.17, 15) is 9.59 Å². The second-order valence-electron chi connectivity index (χ2n) is 6.73. The van der Waals surface area contributed by atoms with Crippen LogP contribution in [0.1, 0.15) is 37.9 Å². The molecule has 1 aliphatic rings. The Morgan fingerprint density at radius 3 is 2.63 bits per heavy atom. The smallest absolute Gasteiger partial charge is 0.263 e. The first-order valence-corrected chi connectivity index (χ1v) is 9.52. The van der Waals surface area contributed by atoms with E-state index in [1.54, 1.807) is 55.9 Å². The zero-order valence-corrected chi connectivity index (χ0v) is 15.9. The minimum absolute atomic E-state index is 0.00833. The van der Waals surface area contributed by atoms with Gasteiger partial charge < -0.3 is 9.80 Å². The summed E-state index contributed by atoms with van der Waals surface area (Å²) >= 11 is 1.38. The van der Waals surface area contributed by atoms with E-state index >= 15 is 0 Å². The number of hydrogen-bond acceptors (Lipinski definition) is 6. The van der Waals surface area contributed by atoms with Crippen LogP contribution in [0.15, 0.2) is 36.9 Å². The summed E-state index contributed by atoms with van der Waals surface area (Å²) in [6.45, 7) is 1.22. The van der Waals surface area contributed by atoms with Crippen molar-refractivity contribution in [3.8, 4) is 0 Å². The number of carbonyl (C=O) groups excluding carboxylic acids is 2. The minimum atomic E-state index is -0.0475. The van der Waals surface area contributed by atoms with Crippen LogP contribution in [-0.4, -0.2) is 63.8 Å². The number of hydrogen-bond donors (Lipinski definition) is 0. The lowest BCUT2D eigenvalue weighted by Gasteiger charge is -2.17. The van der Waals surface area contributed by atoms with Crippen molar-refractivity contribution in [3.63, 3.8) is 0 Å². The molecule has 1 saturated heterocycles. The quantitative estimate of drug-likeness (QED) is 0.696. The maximum atomic E-state index is 12.8. The number of pyridine rings is 1. The molecule has 0 N–H and O–H groups in total. The highest BCUT2D eigenvalue weighted by atomic mass is 32.1. The van der Waals surface area contributed by atoms with Gasteiger partial charge in [-0.2, -0.15) is 0 Å². The van der Waals surface area contributed by atoms with Crippen LogP contribution >= 0.6 is 11.3 Å². The highest BCUT2D eigenvalue weighted by molar-refractivity contribution is 7.20. The Labute approximate surface area is 160 Å². The standard InChI is InChI=1S/C19H19N5O2S/c1-23(2)19(26)16-14(15-17(27-16)22-9-8-21-15)13-5-10-24(11-13)18(25)12-3-6-20-7-4-12/h3-4,6-9,13H,5,10-11H2,1-2H3/t13-/m1/s1. The Hall–Kier alpha value is -2.87. The number of likely N-dealkylation sites (tertiary alicyclic amines) is 1. The average molecular weight is 381 g/mol. The molecule has 27 heavy (non-hydrogen) atoms. The molecule has 0 saturated carbocycles. The Kier molecular flexibility index (Phi) is 4.57. The molecule has 1 aliphatic heterocycles. The van der Waals surface area contributed by atoms with Gasteiger partial charge in [-0.3, -0.25) is 19.6 Å². The van der Waals surface area contributed by atoms with E-state index in [-0.39, 0.29) is 17.7 Å². The number of amides is 2. The van der Waals surface area contributed by atoms with Crippen LogP contribution in [-0.2, 0) is 0 Å².